The Morgan fingerprint density at radius 3 is 2.43 bits per heavy atom. The van der Waals surface area contributed by atoms with Crippen LogP contribution < -0.4 is 4.74 Å². The minimum absolute atomic E-state index is 0.177. The van der Waals surface area contributed by atoms with E-state index in [2.05, 4.69) is 4.74 Å². The molecule has 6 nitrogen and oxygen atoms in total. The molecule has 0 atom stereocenters. The van der Waals surface area contributed by atoms with Gasteiger partial charge >= 0.3 is 12.3 Å². The van der Waals surface area contributed by atoms with E-state index in [1.807, 2.05) is 0 Å². The third kappa shape index (κ3) is 5.06. The second-order valence-electron chi connectivity index (χ2n) is 4.35. The smallest absolute Gasteiger partial charge is 0.480 e. The average molecular weight is 359 g/mol. The van der Waals surface area contributed by atoms with Crippen molar-refractivity contribution in [3.63, 3.8) is 0 Å². The molecule has 0 fully saturated rings. The molecule has 1 N–H and O–H groups in total. The number of nitrogens with zero attached hydrogens (tertiary/aromatic N) is 1. The van der Waals surface area contributed by atoms with Crippen LogP contribution in [0.25, 0.3) is 0 Å². The monoisotopic (exact) mass is 359 g/mol. The average Bonchev–Trinajstić information content (AvgIpc) is 2.35. The number of carboxylic acids is 1. The first-order chi connectivity index (χ1) is 10.5. The predicted octanol–water partition coefficient (Wildman–Crippen LogP) is 2.21. The molecule has 0 aliphatic heterocycles. The van der Waals surface area contributed by atoms with Crippen molar-refractivity contribution < 1.29 is 40.6 Å². The van der Waals surface area contributed by atoms with Gasteiger partial charge in [-0.15, -0.1) is 13.2 Å². The van der Waals surface area contributed by atoms with Crippen LogP contribution in [-0.4, -0.2) is 43.3 Å². The van der Waals surface area contributed by atoms with Gasteiger partial charge in [0.1, 0.15) is 12.4 Å². The normalized spacial score (nSPS) is 12.4. The molecule has 0 radical (unpaired) electrons. The molecule has 0 saturated carbocycles. The molecule has 1 aromatic rings. The fraction of sp³-hybridized carbons (Fsp3) is 0.417. The molecule has 0 saturated heterocycles. The summed E-state index contributed by atoms with van der Waals surface area (Å²) < 4.78 is 79.6. The third-order valence-corrected chi connectivity index (χ3v) is 4.44. The Kier molecular flexibility index (Phi) is 5.94. The lowest BCUT2D eigenvalue weighted by atomic mass is 10.3. The van der Waals surface area contributed by atoms with Gasteiger partial charge in [-0.25, -0.2) is 12.8 Å². The minimum Gasteiger partial charge on any atom is -0.480 e. The predicted molar refractivity (Wildman–Crippen MR) is 69.8 cm³/mol. The molecule has 0 aliphatic carbocycles. The molecule has 0 amide bonds. The van der Waals surface area contributed by atoms with Crippen LogP contribution in [0.3, 0.4) is 0 Å². The summed E-state index contributed by atoms with van der Waals surface area (Å²) in [5.41, 5.74) is 0. The number of alkyl halides is 3. The molecule has 11 heteroatoms. The van der Waals surface area contributed by atoms with Gasteiger partial charge in [-0.1, -0.05) is 13.0 Å². The highest BCUT2D eigenvalue weighted by molar-refractivity contribution is 7.89. The number of hydrogen-bond donors (Lipinski definition) is 1. The molecule has 23 heavy (non-hydrogen) atoms. The van der Waals surface area contributed by atoms with Gasteiger partial charge in [0.05, 0.1) is 0 Å². The number of sulfonamides is 1. The van der Waals surface area contributed by atoms with Crippen LogP contribution in [0, 0.1) is 5.82 Å². The van der Waals surface area contributed by atoms with Gasteiger partial charge in [-0.2, -0.15) is 4.31 Å². The van der Waals surface area contributed by atoms with Crippen LogP contribution in [0.5, 0.6) is 5.75 Å². The van der Waals surface area contributed by atoms with Crippen molar-refractivity contribution in [1.29, 1.82) is 0 Å². The van der Waals surface area contributed by atoms with E-state index in [1.165, 1.54) is 6.92 Å². The highest BCUT2D eigenvalue weighted by Gasteiger charge is 2.37. The second-order valence-corrected chi connectivity index (χ2v) is 6.22. The number of carboxylic acid groups (broad SMARTS) is 1. The molecule has 0 aromatic heterocycles. The maximum absolute atomic E-state index is 13.9. The van der Waals surface area contributed by atoms with E-state index >= 15 is 0 Å². The second kappa shape index (κ2) is 7.13. The number of carbonyl (C=O) groups is 1. The van der Waals surface area contributed by atoms with Gasteiger partial charge in [-0.3, -0.25) is 4.79 Å². The molecule has 0 bridgehead atoms. The molecule has 0 spiro atoms. The van der Waals surface area contributed by atoms with E-state index in [0.29, 0.717) is 16.4 Å². The molecular formula is C12H13F4NO5S. The molecule has 1 aromatic carbocycles. The van der Waals surface area contributed by atoms with E-state index < -0.39 is 45.4 Å². The summed E-state index contributed by atoms with van der Waals surface area (Å²) in [7, 11) is -4.84. The molecule has 0 aliphatic rings. The maximum Gasteiger partial charge on any atom is 0.573 e. The summed E-state index contributed by atoms with van der Waals surface area (Å²) in [5.74, 6) is -4.26. The zero-order chi connectivity index (χ0) is 17.8. The lowest BCUT2D eigenvalue weighted by Crippen LogP contribution is -2.37. The quantitative estimate of drug-likeness (QED) is 0.755. The van der Waals surface area contributed by atoms with Gasteiger partial charge in [-0.05, 0) is 18.6 Å². The maximum atomic E-state index is 13.9. The van der Waals surface area contributed by atoms with E-state index in [4.69, 9.17) is 5.11 Å². The number of aliphatic carboxylic acids is 1. The SMILES string of the molecule is CCCN(CC(=O)O)S(=O)(=O)c1c(F)cccc1OC(F)(F)F. The first-order valence-corrected chi connectivity index (χ1v) is 7.69. The Morgan fingerprint density at radius 2 is 1.96 bits per heavy atom. The Labute approximate surface area is 129 Å². The number of hydrogen-bond acceptors (Lipinski definition) is 4. The number of ether oxygens (including phenoxy) is 1. The Balaban J connectivity index is 3.43. The van der Waals surface area contributed by atoms with Crippen LogP contribution in [0.1, 0.15) is 13.3 Å². The molecule has 0 heterocycles. The standard InChI is InChI=1S/C12H13F4NO5S/c1-2-6-17(7-10(18)19)23(20,21)11-8(13)4-3-5-9(11)22-12(14,15)16/h3-5H,2,6-7H2,1H3,(H,18,19). The van der Waals surface area contributed by atoms with E-state index in [9.17, 15) is 30.8 Å². The summed E-state index contributed by atoms with van der Waals surface area (Å²) in [6.07, 6.45) is -5.06. The van der Waals surface area contributed by atoms with Crippen LogP contribution >= 0.6 is 0 Å². The summed E-state index contributed by atoms with van der Waals surface area (Å²) in [6, 6.07) is 2.12. The number of rotatable bonds is 7. The van der Waals surface area contributed by atoms with Crippen LogP contribution in [0.15, 0.2) is 23.1 Å². The first-order valence-electron chi connectivity index (χ1n) is 6.25. The molecule has 130 valence electrons. The van der Waals surface area contributed by atoms with Gasteiger partial charge in [0, 0.05) is 6.54 Å². The first kappa shape index (κ1) is 19.2. The van der Waals surface area contributed by atoms with Gasteiger partial charge in [0.25, 0.3) is 0 Å². The van der Waals surface area contributed by atoms with Crippen molar-refractivity contribution in [2.75, 3.05) is 13.1 Å². The molecule has 0 unspecified atom stereocenters. The van der Waals surface area contributed by atoms with Gasteiger partial charge in [0.2, 0.25) is 10.0 Å². The summed E-state index contributed by atoms with van der Waals surface area (Å²) in [6.45, 7) is 0.198. The zero-order valence-electron chi connectivity index (χ0n) is 11.8. The van der Waals surface area contributed by atoms with E-state index in [1.54, 1.807) is 0 Å². The van der Waals surface area contributed by atoms with Crippen LogP contribution in [0.4, 0.5) is 17.6 Å². The van der Waals surface area contributed by atoms with Crippen molar-refractivity contribution in [3.05, 3.63) is 24.0 Å². The summed E-state index contributed by atoms with van der Waals surface area (Å²) in [4.78, 5) is 9.40. The van der Waals surface area contributed by atoms with Crippen molar-refractivity contribution >= 4 is 16.0 Å². The highest BCUT2D eigenvalue weighted by Crippen LogP contribution is 2.33. The minimum atomic E-state index is -5.24. The van der Waals surface area contributed by atoms with Crippen LogP contribution in [-0.2, 0) is 14.8 Å². The topological polar surface area (TPSA) is 83.9 Å². The lowest BCUT2D eigenvalue weighted by Gasteiger charge is -2.22. The lowest BCUT2D eigenvalue weighted by molar-refractivity contribution is -0.275. The number of benzene rings is 1. The molecule has 1 rings (SSSR count). The third-order valence-electron chi connectivity index (χ3n) is 2.54. The fourth-order valence-electron chi connectivity index (χ4n) is 1.76. The van der Waals surface area contributed by atoms with Crippen LogP contribution in [0.2, 0.25) is 0 Å². The summed E-state index contributed by atoms with van der Waals surface area (Å²) >= 11 is 0. The van der Waals surface area contributed by atoms with Gasteiger partial charge in [0.15, 0.2) is 10.6 Å². The zero-order valence-corrected chi connectivity index (χ0v) is 12.6. The van der Waals surface area contributed by atoms with Crippen molar-refractivity contribution in [2.45, 2.75) is 24.6 Å². The largest absolute Gasteiger partial charge is 0.573 e. The van der Waals surface area contributed by atoms with Crippen molar-refractivity contribution in [2.24, 2.45) is 0 Å². The highest BCUT2D eigenvalue weighted by atomic mass is 32.2. The van der Waals surface area contributed by atoms with Gasteiger partial charge < -0.3 is 9.84 Å². The Hall–Kier alpha value is -1.88. The van der Waals surface area contributed by atoms with E-state index in [0.717, 1.165) is 6.07 Å². The Bertz CT molecular complexity index is 675. The number of halogens is 4. The molecular weight excluding hydrogens is 346 g/mol. The van der Waals surface area contributed by atoms with E-state index in [-0.39, 0.29) is 13.0 Å². The summed E-state index contributed by atoms with van der Waals surface area (Å²) in [5, 5.41) is 8.73. The fourth-order valence-corrected chi connectivity index (χ4v) is 3.40. The van der Waals surface area contributed by atoms with Crippen molar-refractivity contribution in [1.82, 2.24) is 4.31 Å². The Morgan fingerprint density at radius 1 is 1.35 bits per heavy atom. The van der Waals surface area contributed by atoms with Crippen molar-refractivity contribution in [3.8, 4) is 5.75 Å².